The van der Waals surface area contributed by atoms with Gasteiger partial charge in [-0.3, -0.25) is 0 Å². The Morgan fingerprint density at radius 1 is 1.40 bits per heavy atom. The van der Waals surface area contributed by atoms with Gasteiger partial charge in [0, 0.05) is 11.7 Å². The molecule has 1 aromatic rings. The van der Waals surface area contributed by atoms with E-state index in [2.05, 4.69) is 4.72 Å². The van der Waals surface area contributed by atoms with Crippen LogP contribution in [0.4, 0.5) is 5.69 Å². The number of ether oxygens (including phenoxy) is 1. The van der Waals surface area contributed by atoms with Gasteiger partial charge >= 0.3 is 0 Å². The van der Waals surface area contributed by atoms with Crippen LogP contribution >= 0.6 is 0 Å². The van der Waals surface area contributed by atoms with E-state index in [1.54, 1.807) is 13.0 Å². The van der Waals surface area contributed by atoms with Crippen molar-refractivity contribution in [2.24, 2.45) is 5.92 Å². The largest absolute Gasteiger partial charge is 0.495 e. The van der Waals surface area contributed by atoms with Crippen molar-refractivity contribution in [3.8, 4) is 5.75 Å². The number of nitrogen functional groups attached to an aromatic ring is 1. The van der Waals surface area contributed by atoms with Gasteiger partial charge in [0.05, 0.1) is 13.7 Å². The van der Waals surface area contributed by atoms with Crippen molar-refractivity contribution in [3.05, 3.63) is 17.7 Å². The summed E-state index contributed by atoms with van der Waals surface area (Å²) in [5.41, 5.74) is 6.88. The fourth-order valence-corrected chi connectivity index (χ4v) is 3.26. The number of rotatable bonds is 6. The molecule has 4 N–H and O–H groups in total. The minimum absolute atomic E-state index is 0.0257. The topological polar surface area (TPSA) is 102 Å². The fourth-order valence-electron chi connectivity index (χ4n) is 1.69. The van der Waals surface area contributed by atoms with Crippen molar-refractivity contribution in [2.75, 3.05) is 19.5 Å². The fraction of sp³-hybridized carbons (Fsp3) is 0.538. The second-order valence-corrected chi connectivity index (χ2v) is 6.70. The summed E-state index contributed by atoms with van der Waals surface area (Å²) in [6, 6.07) is 2.38. The van der Waals surface area contributed by atoms with Gasteiger partial charge in [0.1, 0.15) is 10.6 Å². The quantitative estimate of drug-likeness (QED) is 0.677. The van der Waals surface area contributed by atoms with E-state index in [9.17, 15) is 13.5 Å². The number of aryl methyl sites for hydroxylation is 1. The van der Waals surface area contributed by atoms with Crippen LogP contribution in [0.5, 0.6) is 5.75 Å². The van der Waals surface area contributed by atoms with Crippen LogP contribution in [0.25, 0.3) is 0 Å². The zero-order chi connectivity index (χ0) is 15.5. The minimum Gasteiger partial charge on any atom is -0.495 e. The molecule has 0 fully saturated rings. The maximum Gasteiger partial charge on any atom is 0.244 e. The Hall–Kier alpha value is -1.31. The van der Waals surface area contributed by atoms with E-state index in [0.29, 0.717) is 5.69 Å². The van der Waals surface area contributed by atoms with E-state index in [0.717, 1.165) is 5.56 Å². The van der Waals surface area contributed by atoms with Crippen molar-refractivity contribution >= 4 is 15.7 Å². The molecule has 114 valence electrons. The SMILES string of the molecule is COc1cc(C)c(N)cc1S(=O)(=O)N[C@H](CO)C(C)C. The van der Waals surface area contributed by atoms with Gasteiger partial charge in [0.2, 0.25) is 10.0 Å². The van der Waals surface area contributed by atoms with Crippen molar-refractivity contribution in [3.63, 3.8) is 0 Å². The van der Waals surface area contributed by atoms with E-state index in [1.807, 2.05) is 13.8 Å². The van der Waals surface area contributed by atoms with Crippen LogP contribution in [0, 0.1) is 12.8 Å². The van der Waals surface area contributed by atoms with Crippen molar-refractivity contribution in [2.45, 2.75) is 31.7 Å². The molecule has 0 unspecified atom stereocenters. The van der Waals surface area contributed by atoms with Gasteiger partial charge in [-0.2, -0.15) is 0 Å². The monoisotopic (exact) mass is 302 g/mol. The van der Waals surface area contributed by atoms with Gasteiger partial charge in [0.15, 0.2) is 0 Å². The minimum atomic E-state index is -3.81. The van der Waals surface area contributed by atoms with Gasteiger partial charge in [0.25, 0.3) is 0 Å². The number of nitrogens with one attached hydrogen (secondary N) is 1. The maximum absolute atomic E-state index is 12.4. The first-order valence-electron chi connectivity index (χ1n) is 6.30. The lowest BCUT2D eigenvalue weighted by molar-refractivity contribution is 0.227. The number of sulfonamides is 1. The van der Waals surface area contributed by atoms with E-state index in [1.165, 1.54) is 13.2 Å². The number of nitrogens with two attached hydrogens (primary N) is 1. The number of methoxy groups -OCH3 is 1. The van der Waals surface area contributed by atoms with Crippen LogP contribution in [0.3, 0.4) is 0 Å². The lowest BCUT2D eigenvalue weighted by atomic mass is 10.1. The first kappa shape index (κ1) is 16.7. The van der Waals surface area contributed by atoms with Crippen LogP contribution in [0.15, 0.2) is 17.0 Å². The molecule has 0 aliphatic rings. The van der Waals surface area contributed by atoms with Crippen LogP contribution < -0.4 is 15.2 Å². The first-order valence-corrected chi connectivity index (χ1v) is 7.78. The number of hydrogen-bond donors (Lipinski definition) is 3. The Kier molecular flexibility index (Phi) is 5.38. The van der Waals surface area contributed by atoms with Crippen LogP contribution in [-0.2, 0) is 10.0 Å². The van der Waals surface area contributed by atoms with E-state index in [4.69, 9.17) is 10.5 Å². The summed E-state index contributed by atoms with van der Waals surface area (Å²) in [5, 5.41) is 9.25. The third-order valence-corrected chi connectivity index (χ3v) is 4.66. The molecule has 1 rings (SSSR count). The molecule has 0 aromatic heterocycles. The molecule has 1 atom stereocenters. The molecule has 0 saturated carbocycles. The molecule has 0 heterocycles. The highest BCUT2D eigenvalue weighted by molar-refractivity contribution is 7.89. The molecule has 7 heteroatoms. The van der Waals surface area contributed by atoms with Gasteiger partial charge in [-0.25, -0.2) is 13.1 Å². The van der Waals surface area contributed by atoms with Crippen molar-refractivity contribution in [1.29, 1.82) is 0 Å². The Bertz CT molecular complexity index is 570. The second-order valence-electron chi connectivity index (χ2n) is 5.01. The highest BCUT2D eigenvalue weighted by Crippen LogP contribution is 2.29. The van der Waals surface area contributed by atoms with Crippen LogP contribution in [-0.4, -0.2) is 33.3 Å². The molecular formula is C13H22N2O4S. The summed E-state index contributed by atoms with van der Waals surface area (Å²) >= 11 is 0. The molecule has 20 heavy (non-hydrogen) atoms. The maximum atomic E-state index is 12.4. The summed E-state index contributed by atoms with van der Waals surface area (Å²) < 4.78 is 32.4. The highest BCUT2D eigenvalue weighted by Gasteiger charge is 2.25. The third kappa shape index (κ3) is 3.62. The van der Waals surface area contributed by atoms with E-state index in [-0.39, 0.29) is 23.2 Å². The zero-order valence-electron chi connectivity index (χ0n) is 12.2. The molecule has 0 saturated heterocycles. The Morgan fingerprint density at radius 3 is 2.45 bits per heavy atom. The molecule has 0 radical (unpaired) electrons. The third-order valence-electron chi connectivity index (χ3n) is 3.15. The molecule has 0 spiro atoms. The molecular weight excluding hydrogens is 280 g/mol. The predicted molar refractivity (Wildman–Crippen MR) is 78.2 cm³/mol. The first-order chi connectivity index (χ1) is 9.22. The molecule has 1 aromatic carbocycles. The number of hydrogen-bond acceptors (Lipinski definition) is 5. The lowest BCUT2D eigenvalue weighted by Gasteiger charge is -2.21. The Balaban J connectivity index is 3.25. The highest BCUT2D eigenvalue weighted by atomic mass is 32.2. The standard InChI is InChI=1S/C13H22N2O4S/c1-8(2)11(7-16)15-20(17,18)13-6-10(14)9(3)5-12(13)19-4/h5-6,8,11,15-16H,7,14H2,1-4H3/t11-/m1/s1. The number of aliphatic hydroxyl groups is 1. The van der Waals surface area contributed by atoms with E-state index >= 15 is 0 Å². The predicted octanol–water partition coefficient (Wildman–Crippen LogP) is 0.881. The zero-order valence-corrected chi connectivity index (χ0v) is 13.0. The molecule has 0 aliphatic heterocycles. The molecule has 0 amide bonds. The summed E-state index contributed by atoms with van der Waals surface area (Å²) in [5.74, 6) is 0.188. The summed E-state index contributed by atoms with van der Waals surface area (Å²) in [7, 11) is -2.41. The average molecular weight is 302 g/mol. The normalized spacial score (nSPS) is 13.5. The Labute approximate surface area is 120 Å². The van der Waals surface area contributed by atoms with Crippen LogP contribution in [0.2, 0.25) is 0 Å². The summed E-state index contributed by atoms with van der Waals surface area (Å²) in [6.07, 6.45) is 0. The van der Waals surface area contributed by atoms with Gasteiger partial charge in [-0.1, -0.05) is 13.8 Å². The van der Waals surface area contributed by atoms with Gasteiger partial charge < -0.3 is 15.6 Å². The van der Waals surface area contributed by atoms with Crippen molar-refractivity contribution in [1.82, 2.24) is 4.72 Å². The van der Waals surface area contributed by atoms with Crippen molar-refractivity contribution < 1.29 is 18.3 Å². The second kappa shape index (κ2) is 6.43. The molecule has 6 nitrogen and oxygen atoms in total. The van der Waals surface area contributed by atoms with Gasteiger partial charge in [-0.05, 0) is 30.5 Å². The molecule has 0 aliphatic carbocycles. The Morgan fingerprint density at radius 2 is 2.00 bits per heavy atom. The average Bonchev–Trinajstić information content (AvgIpc) is 2.38. The number of benzene rings is 1. The smallest absolute Gasteiger partial charge is 0.244 e. The van der Waals surface area contributed by atoms with Gasteiger partial charge in [-0.15, -0.1) is 0 Å². The lowest BCUT2D eigenvalue weighted by Crippen LogP contribution is -2.41. The number of anilines is 1. The number of aliphatic hydroxyl groups excluding tert-OH is 1. The summed E-state index contributed by atoms with van der Waals surface area (Å²) in [4.78, 5) is -0.0257. The van der Waals surface area contributed by atoms with E-state index < -0.39 is 16.1 Å². The molecule has 0 bridgehead atoms. The summed E-state index contributed by atoms with van der Waals surface area (Å²) in [6.45, 7) is 5.14. The van der Waals surface area contributed by atoms with Crippen LogP contribution in [0.1, 0.15) is 19.4 Å².